The van der Waals surface area contributed by atoms with Gasteiger partial charge in [0, 0.05) is 43.2 Å². The maximum absolute atomic E-state index is 14.6. The van der Waals surface area contributed by atoms with Gasteiger partial charge in [-0.25, -0.2) is 24.3 Å². The van der Waals surface area contributed by atoms with Crippen molar-refractivity contribution in [3.8, 4) is 11.3 Å². The number of hydrogen-bond acceptors (Lipinski definition) is 9. The zero-order chi connectivity index (χ0) is 23.8. The number of anilines is 2. The molecule has 11 heteroatoms. The van der Waals surface area contributed by atoms with Crippen LogP contribution in [0, 0.1) is 12.7 Å². The van der Waals surface area contributed by atoms with Gasteiger partial charge < -0.3 is 10.2 Å². The minimum Gasteiger partial charge on any atom is -0.335 e. The van der Waals surface area contributed by atoms with E-state index in [9.17, 15) is 9.18 Å². The van der Waals surface area contributed by atoms with Crippen LogP contribution < -0.4 is 5.32 Å². The number of carbonyl (C=O) groups is 1. The molecular weight excluding hydrogens is 473 g/mol. The number of benzene rings is 1. The highest BCUT2D eigenvalue weighted by Crippen LogP contribution is 2.29. The first kappa shape index (κ1) is 22.8. The van der Waals surface area contributed by atoms with Gasteiger partial charge in [-0.05, 0) is 32.9 Å². The summed E-state index contributed by atoms with van der Waals surface area (Å²) in [4.78, 5) is 34.4. The Bertz CT molecular complexity index is 1340. The molecule has 4 heterocycles. The molecular formula is C23H24FN7OS2. The molecule has 176 valence electrons. The number of fused-ring (bicyclic) bond motifs is 1. The van der Waals surface area contributed by atoms with Gasteiger partial charge in [-0.3, -0.25) is 9.69 Å². The number of thiazole rings is 2. The van der Waals surface area contributed by atoms with Crippen molar-refractivity contribution in [1.82, 2.24) is 29.7 Å². The predicted molar refractivity (Wildman–Crippen MR) is 133 cm³/mol. The lowest BCUT2D eigenvalue weighted by Gasteiger charge is -2.36. The van der Waals surface area contributed by atoms with E-state index in [0.29, 0.717) is 35.5 Å². The second-order valence-corrected chi connectivity index (χ2v) is 10.5. The third kappa shape index (κ3) is 4.63. The summed E-state index contributed by atoms with van der Waals surface area (Å²) in [5, 5.41) is 6.17. The summed E-state index contributed by atoms with van der Waals surface area (Å²) >= 11 is 2.84. The van der Waals surface area contributed by atoms with Gasteiger partial charge in [0.1, 0.15) is 11.4 Å². The number of halogens is 1. The minimum absolute atomic E-state index is 0.0819. The fraction of sp³-hybridized carbons (Fsp3) is 0.348. The lowest BCUT2D eigenvalue weighted by Crippen LogP contribution is -2.50. The van der Waals surface area contributed by atoms with Gasteiger partial charge in [-0.1, -0.05) is 6.07 Å². The Labute approximate surface area is 204 Å². The molecule has 0 spiro atoms. The summed E-state index contributed by atoms with van der Waals surface area (Å²) in [5.41, 5.74) is 2.11. The van der Waals surface area contributed by atoms with E-state index >= 15 is 0 Å². The van der Waals surface area contributed by atoms with Crippen LogP contribution in [0.15, 0.2) is 29.8 Å². The molecule has 0 radical (unpaired) electrons. The van der Waals surface area contributed by atoms with Gasteiger partial charge in [0.25, 0.3) is 5.91 Å². The van der Waals surface area contributed by atoms with E-state index in [0.717, 1.165) is 34.5 Å². The van der Waals surface area contributed by atoms with Gasteiger partial charge in [0.15, 0.2) is 10.9 Å². The average molecular weight is 498 g/mol. The van der Waals surface area contributed by atoms with Crippen molar-refractivity contribution >= 4 is 49.9 Å². The summed E-state index contributed by atoms with van der Waals surface area (Å²) in [5.74, 6) is -0.376. The largest absolute Gasteiger partial charge is 0.335 e. The molecule has 0 saturated carbocycles. The Morgan fingerprint density at radius 3 is 2.71 bits per heavy atom. The fourth-order valence-corrected chi connectivity index (χ4v) is 5.49. The number of rotatable bonds is 5. The molecule has 1 fully saturated rings. The van der Waals surface area contributed by atoms with Crippen LogP contribution in [0.3, 0.4) is 0 Å². The summed E-state index contributed by atoms with van der Waals surface area (Å²) < 4.78 is 15.5. The molecule has 4 aromatic rings. The van der Waals surface area contributed by atoms with Crippen molar-refractivity contribution in [1.29, 1.82) is 0 Å². The standard InChI is InChI=1S/C23H24FN7OS2/c1-13(2)30-6-8-31(9-7-30)21(32)18-12-33-23(27-18)29-22-25-11-16(24)20(28-22)15-4-5-17-19(10-15)34-14(3)26-17/h4-5,10-13H,6-9H2,1-3H3,(H,25,27,28,29). The maximum atomic E-state index is 14.6. The van der Waals surface area contributed by atoms with Crippen LogP contribution in [0.25, 0.3) is 21.5 Å². The Hall–Kier alpha value is -3.02. The van der Waals surface area contributed by atoms with E-state index in [1.807, 2.05) is 24.0 Å². The van der Waals surface area contributed by atoms with Crippen molar-refractivity contribution in [3.63, 3.8) is 0 Å². The Balaban J connectivity index is 1.31. The molecule has 1 N–H and O–H groups in total. The van der Waals surface area contributed by atoms with Crippen LogP contribution >= 0.6 is 22.7 Å². The van der Waals surface area contributed by atoms with Crippen molar-refractivity contribution in [3.05, 3.63) is 46.3 Å². The highest BCUT2D eigenvalue weighted by Gasteiger charge is 2.25. The number of hydrogen-bond donors (Lipinski definition) is 1. The fourth-order valence-electron chi connectivity index (χ4n) is 3.95. The number of aryl methyl sites for hydroxylation is 1. The van der Waals surface area contributed by atoms with E-state index in [1.54, 1.807) is 22.8 Å². The van der Waals surface area contributed by atoms with Crippen molar-refractivity contribution in [2.24, 2.45) is 0 Å². The SMILES string of the molecule is Cc1nc2ccc(-c3nc(Nc4nc(C(=O)N5CCN(C(C)C)CC5)cs4)ncc3F)cc2s1. The van der Waals surface area contributed by atoms with Crippen LogP contribution in [0.5, 0.6) is 0 Å². The molecule has 34 heavy (non-hydrogen) atoms. The van der Waals surface area contributed by atoms with Crippen LogP contribution in [-0.2, 0) is 0 Å². The van der Waals surface area contributed by atoms with Crippen LogP contribution in [-0.4, -0.2) is 67.9 Å². The van der Waals surface area contributed by atoms with Crippen molar-refractivity contribution in [2.45, 2.75) is 26.8 Å². The number of amides is 1. The lowest BCUT2D eigenvalue weighted by atomic mass is 10.1. The molecule has 3 aromatic heterocycles. The molecule has 1 amide bonds. The normalized spacial score (nSPS) is 14.8. The molecule has 1 aliphatic heterocycles. The minimum atomic E-state index is -0.512. The molecule has 0 bridgehead atoms. The van der Waals surface area contributed by atoms with E-state index in [1.165, 1.54) is 11.3 Å². The average Bonchev–Trinajstić information content (AvgIpc) is 3.45. The quantitative estimate of drug-likeness (QED) is 0.432. The third-order valence-corrected chi connectivity index (χ3v) is 7.48. The summed E-state index contributed by atoms with van der Waals surface area (Å²) in [7, 11) is 0. The number of aromatic nitrogens is 4. The summed E-state index contributed by atoms with van der Waals surface area (Å²) in [6.07, 6.45) is 1.14. The smallest absolute Gasteiger partial charge is 0.273 e. The van der Waals surface area contributed by atoms with Gasteiger partial charge in [0.05, 0.1) is 21.4 Å². The number of nitrogens with one attached hydrogen (secondary N) is 1. The first-order chi connectivity index (χ1) is 16.4. The zero-order valence-corrected chi connectivity index (χ0v) is 20.7. The maximum Gasteiger partial charge on any atom is 0.273 e. The lowest BCUT2D eigenvalue weighted by molar-refractivity contribution is 0.0591. The van der Waals surface area contributed by atoms with E-state index in [4.69, 9.17) is 0 Å². The van der Waals surface area contributed by atoms with Crippen LogP contribution in [0.2, 0.25) is 0 Å². The second-order valence-electron chi connectivity index (χ2n) is 8.39. The van der Waals surface area contributed by atoms with Crippen LogP contribution in [0.1, 0.15) is 29.3 Å². The van der Waals surface area contributed by atoms with Gasteiger partial charge in [-0.15, -0.1) is 22.7 Å². The van der Waals surface area contributed by atoms with Gasteiger partial charge in [0.2, 0.25) is 5.95 Å². The zero-order valence-electron chi connectivity index (χ0n) is 19.1. The topological polar surface area (TPSA) is 87.1 Å². The Morgan fingerprint density at radius 1 is 1.15 bits per heavy atom. The van der Waals surface area contributed by atoms with E-state index < -0.39 is 5.82 Å². The van der Waals surface area contributed by atoms with Crippen molar-refractivity contribution in [2.75, 3.05) is 31.5 Å². The third-order valence-electron chi connectivity index (χ3n) is 5.79. The number of carbonyl (C=O) groups excluding carboxylic acids is 1. The molecule has 1 saturated heterocycles. The number of nitrogens with zero attached hydrogens (tertiary/aromatic N) is 6. The van der Waals surface area contributed by atoms with Gasteiger partial charge >= 0.3 is 0 Å². The summed E-state index contributed by atoms with van der Waals surface area (Å²) in [6.45, 7) is 9.36. The van der Waals surface area contributed by atoms with Gasteiger partial charge in [-0.2, -0.15) is 0 Å². The molecule has 0 atom stereocenters. The van der Waals surface area contributed by atoms with E-state index in [-0.39, 0.29) is 17.5 Å². The Kier molecular flexibility index (Phi) is 6.24. The predicted octanol–water partition coefficient (Wildman–Crippen LogP) is 4.57. The molecule has 8 nitrogen and oxygen atoms in total. The first-order valence-electron chi connectivity index (χ1n) is 11.0. The highest BCUT2D eigenvalue weighted by atomic mass is 32.1. The second kappa shape index (κ2) is 9.32. The monoisotopic (exact) mass is 497 g/mol. The first-order valence-corrected chi connectivity index (χ1v) is 12.7. The molecule has 0 unspecified atom stereocenters. The molecule has 1 aliphatic rings. The molecule has 1 aromatic carbocycles. The highest BCUT2D eigenvalue weighted by molar-refractivity contribution is 7.18. The Morgan fingerprint density at radius 2 is 1.94 bits per heavy atom. The summed E-state index contributed by atoms with van der Waals surface area (Å²) in [6, 6.07) is 6.02. The van der Waals surface area contributed by atoms with Crippen LogP contribution in [0.4, 0.5) is 15.5 Å². The van der Waals surface area contributed by atoms with E-state index in [2.05, 4.69) is 44.0 Å². The molecule has 0 aliphatic carbocycles. The number of piperazine rings is 1. The van der Waals surface area contributed by atoms with Crippen molar-refractivity contribution < 1.29 is 9.18 Å². The molecule has 5 rings (SSSR count).